The molecule has 10 nitrogen and oxygen atoms in total. The van der Waals surface area contributed by atoms with Crippen LogP contribution < -0.4 is 5.32 Å². The van der Waals surface area contributed by atoms with Crippen molar-refractivity contribution in [2.24, 2.45) is 5.41 Å². The number of nitrogens with zero attached hydrogens (tertiary/aromatic N) is 2. The van der Waals surface area contributed by atoms with Crippen molar-refractivity contribution in [1.29, 1.82) is 0 Å². The number of hydrogen-bond donors (Lipinski definition) is 1. The van der Waals surface area contributed by atoms with Crippen LogP contribution in [0.4, 0.5) is 0 Å². The van der Waals surface area contributed by atoms with E-state index in [1.807, 2.05) is 35.3 Å². The normalized spacial score (nSPS) is 21.8. The zero-order chi connectivity index (χ0) is 28.6. The standard InChI is InChI=1S/C29H43N3O7/c1-6-37-26(34)23(17-16-21-12-8-7-9-13-21)30-22-14-10-18-31-19-11-15-24(32(31)25(22)33)27(35)38-20(2)39-28(36)29(3,4)5/h7-9,12-13,20,22-24,30H,6,10-11,14-19H2,1-5H3/t20-,22?,23+,24?/m1/s1. The Balaban J connectivity index is 1.72. The van der Waals surface area contributed by atoms with E-state index in [9.17, 15) is 19.2 Å². The van der Waals surface area contributed by atoms with Crippen LogP contribution in [0, 0.1) is 5.41 Å². The molecular weight excluding hydrogens is 502 g/mol. The van der Waals surface area contributed by atoms with Gasteiger partial charge in [-0.2, -0.15) is 0 Å². The van der Waals surface area contributed by atoms with Gasteiger partial charge in [0.05, 0.1) is 18.1 Å². The van der Waals surface area contributed by atoms with Gasteiger partial charge in [-0.15, -0.1) is 0 Å². The van der Waals surface area contributed by atoms with E-state index in [1.54, 1.807) is 27.7 Å². The maximum Gasteiger partial charge on any atom is 0.333 e. The van der Waals surface area contributed by atoms with Gasteiger partial charge in [-0.1, -0.05) is 30.3 Å². The predicted molar refractivity (Wildman–Crippen MR) is 144 cm³/mol. The van der Waals surface area contributed by atoms with Gasteiger partial charge in [0.1, 0.15) is 12.1 Å². The number of carbonyl (C=O) groups is 4. The van der Waals surface area contributed by atoms with Gasteiger partial charge in [0.25, 0.3) is 5.91 Å². The first-order valence-corrected chi connectivity index (χ1v) is 14.0. The molecule has 2 fully saturated rings. The Morgan fingerprint density at radius 1 is 1.05 bits per heavy atom. The molecule has 1 amide bonds. The quantitative estimate of drug-likeness (QED) is 0.350. The first kappa shape index (κ1) is 30.6. The molecule has 0 saturated carbocycles. The molecule has 2 heterocycles. The molecule has 3 rings (SSSR count). The van der Waals surface area contributed by atoms with Gasteiger partial charge in [0.2, 0.25) is 6.29 Å². The summed E-state index contributed by atoms with van der Waals surface area (Å²) in [5.41, 5.74) is 0.352. The molecule has 0 aromatic heterocycles. The van der Waals surface area contributed by atoms with Crippen LogP contribution >= 0.6 is 0 Å². The Hall–Kier alpha value is -2.98. The largest absolute Gasteiger partial charge is 0.465 e. The molecule has 2 saturated heterocycles. The summed E-state index contributed by atoms with van der Waals surface area (Å²) < 4.78 is 16.1. The molecule has 2 aliphatic heterocycles. The Kier molecular flexibility index (Phi) is 10.9. The van der Waals surface area contributed by atoms with E-state index < -0.39 is 47.7 Å². The van der Waals surface area contributed by atoms with Crippen LogP contribution in [-0.2, 0) is 39.8 Å². The zero-order valence-electron chi connectivity index (χ0n) is 23.8. The third kappa shape index (κ3) is 8.50. The number of benzene rings is 1. The average Bonchev–Trinajstić information content (AvgIpc) is 3.04. The van der Waals surface area contributed by atoms with Crippen molar-refractivity contribution in [3.05, 3.63) is 35.9 Å². The lowest BCUT2D eigenvalue weighted by Crippen LogP contribution is -2.62. The minimum absolute atomic E-state index is 0.243. The molecule has 1 aromatic carbocycles. The Morgan fingerprint density at radius 3 is 2.36 bits per heavy atom. The molecule has 2 unspecified atom stereocenters. The van der Waals surface area contributed by atoms with Gasteiger partial charge < -0.3 is 14.2 Å². The van der Waals surface area contributed by atoms with Crippen LogP contribution in [0.15, 0.2) is 30.3 Å². The second kappa shape index (κ2) is 13.9. The van der Waals surface area contributed by atoms with E-state index in [2.05, 4.69) is 5.32 Å². The monoisotopic (exact) mass is 545 g/mol. The van der Waals surface area contributed by atoms with E-state index in [0.29, 0.717) is 38.8 Å². The summed E-state index contributed by atoms with van der Waals surface area (Å²) in [5, 5.41) is 6.65. The van der Waals surface area contributed by atoms with Gasteiger partial charge in [0.15, 0.2) is 0 Å². The van der Waals surface area contributed by atoms with Crippen LogP contribution in [0.2, 0.25) is 0 Å². The van der Waals surface area contributed by atoms with Crippen LogP contribution in [0.25, 0.3) is 0 Å². The summed E-state index contributed by atoms with van der Waals surface area (Å²) in [6.07, 6.45) is 2.43. The fourth-order valence-electron chi connectivity index (χ4n) is 4.84. The Labute approximate surface area is 231 Å². The van der Waals surface area contributed by atoms with Crippen molar-refractivity contribution in [3.8, 4) is 0 Å². The van der Waals surface area contributed by atoms with Gasteiger partial charge in [-0.05, 0) is 71.8 Å². The third-order valence-corrected chi connectivity index (χ3v) is 6.90. The molecule has 39 heavy (non-hydrogen) atoms. The summed E-state index contributed by atoms with van der Waals surface area (Å²) in [4.78, 5) is 52.1. The fraction of sp³-hybridized carbons (Fsp3) is 0.655. The lowest BCUT2D eigenvalue weighted by Gasteiger charge is -2.43. The molecule has 10 heteroatoms. The van der Waals surface area contributed by atoms with Crippen LogP contribution in [0.5, 0.6) is 0 Å². The number of rotatable bonds is 10. The molecule has 4 atom stereocenters. The lowest BCUT2D eigenvalue weighted by molar-refractivity contribution is -0.202. The Bertz CT molecular complexity index is 994. The van der Waals surface area contributed by atoms with E-state index in [-0.39, 0.29) is 12.5 Å². The molecule has 0 bridgehead atoms. The van der Waals surface area contributed by atoms with E-state index in [4.69, 9.17) is 14.2 Å². The lowest BCUT2D eigenvalue weighted by atomic mass is 9.97. The van der Waals surface area contributed by atoms with Crippen molar-refractivity contribution >= 4 is 23.8 Å². The molecule has 1 aromatic rings. The molecule has 0 spiro atoms. The van der Waals surface area contributed by atoms with Crippen molar-refractivity contribution in [3.63, 3.8) is 0 Å². The highest BCUT2D eigenvalue weighted by Crippen LogP contribution is 2.26. The fourth-order valence-corrected chi connectivity index (χ4v) is 4.84. The molecule has 0 aliphatic carbocycles. The zero-order valence-corrected chi connectivity index (χ0v) is 23.8. The van der Waals surface area contributed by atoms with Crippen molar-refractivity contribution in [2.45, 2.75) is 97.6 Å². The van der Waals surface area contributed by atoms with Gasteiger partial charge in [-0.3, -0.25) is 24.7 Å². The van der Waals surface area contributed by atoms with Crippen molar-refractivity contribution in [2.75, 3.05) is 19.7 Å². The highest BCUT2D eigenvalue weighted by Gasteiger charge is 2.43. The molecule has 216 valence electrons. The second-order valence-electron chi connectivity index (χ2n) is 11.1. The minimum Gasteiger partial charge on any atom is -0.465 e. The number of aryl methyl sites for hydroxylation is 1. The maximum atomic E-state index is 13.9. The van der Waals surface area contributed by atoms with E-state index in [0.717, 1.165) is 18.4 Å². The summed E-state index contributed by atoms with van der Waals surface area (Å²) in [6.45, 7) is 9.90. The smallest absolute Gasteiger partial charge is 0.333 e. The van der Waals surface area contributed by atoms with Gasteiger partial charge >= 0.3 is 17.9 Å². The molecule has 1 N–H and O–H groups in total. The Morgan fingerprint density at radius 2 is 1.72 bits per heavy atom. The number of ether oxygens (including phenoxy) is 3. The van der Waals surface area contributed by atoms with Gasteiger partial charge in [0, 0.05) is 20.0 Å². The summed E-state index contributed by atoms with van der Waals surface area (Å²) in [5.74, 6) is -1.77. The SMILES string of the molecule is CCOC(=O)[C@H](CCc1ccccc1)NC1CCCN2CCCC(C(=O)O[C@@H](C)OC(=O)C(C)(C)C)N2C1=O. The first-order chi connectivity index (χ1) is 18.5. The highest BCUT2D eigenvalue weighted by molar-refractivity contribution is 5.88. The average molecular weight is 546 g/mol. The number of carbonyl (C=O) groups excluding carboxylic acids is 4. The summed E-state index contributed by atoms with van der Waals surface area (Å²) in [6, 6.07) is 7.67. The highest BCUT2D eigenvalue weighted by atomic mass is 16.7. The number of amides is 1. The summed E-state index contributed by atoms with van der Waals surface area (Å²) in [7, 11) is 0. The number of fused-ring (bicyclic) bond motifs is 1. The maximum absolute atomic E-state index is 13.9. The number of esters is 3. The van der Waals surface area contributed by atoms with Crippen LogP contribution in [0.1, 0.15) is 72.3 Å². The van der Waals surface area contributed by atoms with Crippen molar-refractivity contribution in [1.82, 2.24) is 15.3 Å². The number of nitrogens with one attached hydrogen (secondary N) is 1. The first-order valence-electron chi connectivity index (χ1n) is 14.0. The molecule has 2 aliphatic rings. The minimum atomic E-state index is -1.08. The molecular formula is C29H43N3O7. The van der Waals surface area contributed by atoms with E-state index in [1.165, 1.54) is 11.9 Å². The summed E-state index contributed by atoms with van der Waals surface area (Å²) >= 11 is 0. The topological polar surface area (TPSA) is 114 Å². The third-order valence-electron chi connectivity index (χ3n) is 6.90. The van der Waals surface area contributed by atoms with Gasteiger partial charge in [-0.25, -0.2) is 9.80 Å². The van der Waals surface area contributed by atoms with E-state index >= 15 is 0 Å². The number of hydrogen-bond acceptors (Lipinski definition) is 9. The van der Waals surface area contributed by atoms with Crippen LogP contribution in [0.3, 0.4) is 0 Å². The van der Waals surface area contributed by atoms with Crippen LogP contribution in [-0.4, -0.2) is 77.9 Å². The molecule has 0 radical (unpaired) electrons. The second-order valence-corrected chi connectivity index (χ2v) is 11.1. The predicted octanol–water partition coefficient (Wildman–Crippen LogP) is 2.99. The number of hydrazine groups is 1. The van der Waals surface area contributed by atoms with Crippen molar-refractivity contribution < 1.29 is 33.4 Å².